The summed E-state index contributed by atoms with van der Waals surface area (Å²) in [6, 6.07) is 11.0. The highest BCUT2D eigenvalue weighted by atomic mass is 16.5. The van der Waals surface area contributed by atoms with Crippen molar-refractivity contribution >= 4 is 28.4 Å². The van der Waals surface area contributed by atoms with Crippen molar-refractivity contribution in [1.82, 2.24) is 15.2 Å². The summed E-state index contributed by atoms with van der Waals surface area (Å²) in [5.41, 5.74) is 1.77. The van der Waals surface area contributed by atoms with E-state index in [9.17, 15) is 4.79 Å². The minimum absolute atomic E-state index is 0.215. The maximum atomic E-state index is 12.7. The van der Waals surface area contributed by atoms with Gasteiger partial charge in [0.05, 0.1) is 32.0 Å². The molecule has 4 rings (SSSR count). The lowest BCUT2D eigenvalue weighted by molar-refractivity contribution is 0.0374. The Hall–Kier alpha value is -3.10. The number of fused-ring (bicyclic) bond motifs is 1. The summed E-state index contributed by atoms with van der Waals surface area (Å²) >= 11 is 0. The Balaban J connectivity index is 1.41. The maximum absolute atomic E-state index is 12.7. The van der Waals surface area contributed by atoms with E-state index < -0.39 is 0 Å². The highest BCUT2D eigenvalue weighted by molar-refractivity contribution is 5.99. The van der Waals surface area contributed by atoms with Crippen molar-refractivity contribution in [2.75, 3.05) is 51.8 Å². The zero-order valence-corrected chi connectivity index (χ0v) is 17.0. The Labute approximate surface area is 175 Å². The molecule has 0 radical (unpaired) electrons. The molecule has 2 aromatic heterocycles. The highest BCUT2D eigenvalue weighted by Crippen LogP contribution is 2.27. The van der Waals surface area contributed by atoms with Gasteiger partial charge >= 0.3 is 0 Å². The number of pyridine rings is 1. The lowest BCUT2D eigenvalue weighted by Crippen LogP contribution is -2.38. The third-order valence-electron chi connectivity index (χ3n) is 5.08. The molecule has 2 N–H and O–H groups in total. The molecule has 0 atom stereocenters. The van der Waals surface area contributed by atoms with Crippen LogP contribution in [-0.2, 0) is 4.74 Å². The number of nitrogens with zero attached hydrogens (tertiary/aromatic N) is 2. The molecule has 30 heavy (non-hydrogen) atoms. The molecule has 8 nitrogen and oxygen atoms in total. The first kappa shape index (κ1) is 20.2. The zero-order valence-electron chi connectivity index (χ0n) is 17.0. The van der Waals surface area contributed by atoms with Crippen molar-refractivity contribution in [3.63, 3.8) is 0 Å². The molecular formula is C22H26N4O4. The molecule has 0 aliphatic carbocycles. The molecule has 158 valence electrons. The summed E-state index contributed by atoms with van der Waals surface area (Å²) in [6.45, 7) is 5.00. The van der Waals surface area contributed by atoms with Gasteiger partial charge in [0.2, 0.25) is 0 Å². The van der Waals surface area contributed by atoms with E-state index in [1.54, 1.807) is 19.4 Å². The van der Waals surface area contributed by atoms with Gasteiger partial charge in [-0.25, -0.2) is 4.98 Å². The number of amides is 1. The minimum Gasteiger partial charge on any atom is -0.497 e. The van der Waals surface area contributed by atoms with Gasteiger partial charge in [-0.3, -0.25) is 9.69 Å². The number of ether oxygens (including phenoxy) is 2. The van der Waals surface area contributed by atoms with Crippen molar-refractivity contribution in [2.45, 2.75) is 6.42 Å². The van der Waals surface area contributed by atoms with Gasteiger partial charge in [-0.2, -0.15) is 0 Å². The summed E-state index contributed by atoms with van der Waals surface area (Å²) < 4.78 is 16.1. The summed E-state index contributed by atoms with van der Waals surface area (Å²) in [5.74, 6) is 1.13. The van der Waals surface area contributed by atoms with Crippen molar-refractivity contribution in [3.05, 3.63) is 48.4 Å². The number of anilines is 2. The number of hydrogen-bond donors (Lipinski definition) is 2. The van der Waals surface area contributed by atoms with Gasteiger partial charge in [0.15, 0.2) is 0 Å². The summed E-state index contributed by atoms with van der Waals surface area (Å²) in [7, 11) is 1.63. The van der Waals surface area contributed by atoms with E-state index in [0.717, 1.165) is 56.1 Å². The van der Waals surface area contributed by atoms with Crippen molar-refractivity contribution in [2.24, 2.45) is 0 Å². The van der Waals surface area contributed by atoms with E-state index in [2.05, 4.69) is 20.5 Å². The van der Waals surface area contributed by atoms with Crippen LogP contribution in [0.15, 0.2) is 47.1 Å². The number of aromatic nitrogens is 1. The second-order valence-corrected chi connectivity index (χ2v) is 7.11. The summed E-state index contributed by atoms with van der Waals surface area (Å²) in [4.78, 5) is 19.5. The average molecular weight is 410 g/mol. The molecule has 0 unspecified atom stereocenters. The first-order chi connectivity index (χ1) is 14.7. The van der Waals surface area contributed by atoms with Gasteiger partial charge < -0.3 is 24.5 Å². The number of methoxy groups -OCH3 is 1. The molecule has 3 aromatic rings. The Bertz CT molecular complexity index is 980. The van der Waals surface area contributed by atoms with Crippen molar-refractivity contribution < 1.29 is 18.7 Å². The fourth-order valence-corrected chi connectivity index (χ4v) is 3.41. The Morgan fingerprint density at radius 1 is 1.20 bits per heavy atom. The largest absolute Gasteiger partial charge is 0.497 e. The van der Waals surface area contributed by atoms with Crippen molar-refractivity contribution in [1.29, 1.82) is 0 Å². The molecule has 1 aliphatic heterocycles. The van der Waals surface area contributed by atoms with E-state index in [0.29, 0.717) is 23.6 Å². The quantitative estimate of drug-likeness (QED) is 0.552. The lowest BCUT2D eigenvalue weighted by atomic mass is 10.2. The number of benzene rings is 1. The number of morpholine rings is 1. The highest BCUT2D eigenvalue weighted by Gasteiger charge is 2.15. The fourth-order valence-electron chi connectivity index (χ4n) is 3.41. The third-order valence-corrected chi connectivity index (χ3v) is 5.08. The molecule has 1 aromatic carbocycles. The number of hydrogen-bond acceptors (Lipinski definition) is 7. The van der Waals surface area contributed by atoms with Gasteiger partial charge in [-0.15, -0.1) is 0 Å². The van der Waals surface area contributed by atoms with Crippen molar-refractivity contribution in [3.8, 4) is 5.75 Å². The van der Waals surface area contributed by atoms with Gasteiger partial charge in [-0.1, -0.05) is 0 Å². The molecule has 1 saturated heterocycles. The van der Waals surface area contributed by atoms with E-state index >= 15 is 0 Å². The van der Waals surface area contributed by atoms with Crippen LogP contribution in [0.5, 0.6) is 5.75 Å². The summed E-state index contributed by atoms with van der Waals surface area (Å²) in [6.07, 6.45) is 2.47. The lowest BCUT2D eigenvalue weighted by Gasteiger charge is -2.26. The molecule has 8 heteroatoms. The van der Waals surface area contributed by atoms with Crippen LogP contribution in [0, 0.1) is 0 Å². The molecule has 0 bridgehead atoms. The van der Waals surface area contributed by atoms with Crippen LogP contribution < -0.4 is 15.4 Å². The van der Waals surface area contributed by atoms with Crippen LogP contribution in [0.2, 0.25) is 0 Å². The van der Waals surface area contributed by atoms with Gasteiger partial charge in [0.25, 0.3) is 5.91 Å². The number of carbonyl (C=O) groups excluding carboxylic acids is 1. The SMILES string of the molecule is COc1ccc(Nc2nc(C(=O)NCCCN3CCOCC3)cc3occc23)cc1. The Morgan fingerprint density at radius 3 is 2.77 bits per heavy atom. The third kappa shape index (κ3) is 4.90. The molecule has 3 heterocycles. The predicted octanol–water partition coefficient (Wildman–Crippen LogP) is 3.03. The molecule has 0 saturated carbocycles. The van der Waals surface area contributed by atoms with Crippen LogP contribution in [0.1, 0.15) is 16.9 Å². The normalized spacial score (nSPS) is 14.6. The molecule has 1 fully saturated rings. The minimum atomic E-state index is -0.215. The van der Waals surface area contributed by atoms with E-state index in [4.69, 9.17) is 13.9 Å². The molecule has 0 spiro atoms. The first-order valence-electron chi connectivity index (χ1n) is 10.1. The predicted molar refractivity (Wildman–Crippen MR) is 114 cm³/mol. The summed E-state index contributed by atoms with van der Waals surface area (Å²) in [5, 5.41) is 7.04. The van der Waals surface area contributed by atoms with Crippen LogP contribution in [-0.4, -0.2) is 62.3 Å². The van der Waals surface area contributed by atoms with Crippen LogP contribution in [0.4, 0.5) is 11.5 Å². The average Bonchev–Trinajstić information content (AvgIpc) is 3.27. The fraction of sp³-hybridized carbons (Fsp3) is 0.364. The monoisotopic (exact) mass is 410 g/mol. The van der Waals surface area contributed by atoms with E-state index in [-0.39, 0.29) is 5.91 Å². The van der Waals surface area contributed by atoms with E-state index in [1.807, 2.05) is 30.3 Å². The number of rotatable bonds is 8. The number of carbonyl (C=O) groups is 1. The van der Waals surface area contributed by atoms with Gasteiger partial charge in [0, 0.05) is 31.4 Å². The standard InChI is InChI=1S/C22H26N4O4/c1-28-17-5-3-16(4-6-17)24-21-18-7-12-30-20(18)15-19(25-21)22(27)23-8-2-9-26-10-13-29-14-11-26/h3-7,12,15H,2,8-11,13-14H2,1H3,(H,23,27)(H,24,25). The molecule has 1 amide bonds. The zero-order chi connectivity index (χ0) is 20.8. The number of nitrogens with one attached hydrogen (secondary N) is 2. The second kappa shape index (κ2) is 9.60. The molecular weight excluding hydrogens is 384 g/mol. The second-order valence-electron chi connectivity index (χ2n) is 7.11. The Morgan fingerprint density at radius 2 is 2.00 bits per heavy atom. The van der Waals surface area contributed by atoms with Crippen LogP contribution in [0.3, 0.4) is 0 Å². The number of furan rings is 1. The smallest absolute Gasteiger partial charge is 0.270 e. The van der Waals surface area contributed by atoms with Crippen LogP contribution >= 0.6 is 0 Å². The first-order valence-corrected chi connectivity index (χ1v) is 10.1. The van der Waals surface area contributed by atoms with E-state index in [1.165, 1.54) is 0 Å². The van der Waals surface area contributed by atoms with Gasteiger partial charge in [0.1, 0.15) is 22.8 Å². The van der Waals surface area contributed by atoms with Gasteiger partial charge in [-0.05, 0) is 43.3 Å². The maximum Gasteiger partial charge on any atom is 0.270 e. The Kier molecular flexibility index (Phi) is 6.46. The topological polar surface area (TPSA) is 88.9 Å². The molecule has 1 aliphatic rings. The van der Waals surface area contributed by atoms with Crippen LogP contribution in [0.25, 0.3) is 11.0 Å².